The molecule has 7 nitrogen and oxygen atoms in total. The second-order valence-corrected chi connectivity index (χ2v) is 7.13. The molecule has 1 aliphatic carbocycles. The van der Waals surface area contributed by atoms with Gasteiger partial charge in [-0.05, 0) is 37.2 Å². The van der Waals surface area contributed by atoms with Crippen LogP contribution in [0.3, 0.4) is 0 Å². The number of nitrogens with zero attached hydrogens (tertiary/aromatic N) is 3. The lowest BCUT2D eigenvalue weighted by Gasteiger charge is -2.34. The summed E-state index contributed by atoms with van der Waals surface area (Å²) < 4.78 is 0. The van der Waals surface area contributed by atoms with Gasteiger partial charge in [0.25, 0.3) is 5.56 Å². The lowest BCUT2D eigenvalue weighted by atomic mass is 9.92. The summed E-state index contributed by atoms with van der Waals surface area (Å²) in [6.07, 6.45) is 5.08. The molecule has 0 amide bonds. The van der Waals surface area contributed by atoms with E-state index in [1.54, 1.807) is 6.07 Å². The van der Waals surface area contributed by atoms with E-state index in [2.05, 4.69) is 14.9 Å². The number of fused-ring (bicyclic) bond motifs is 1. The maximum Gasteiger partial charge on any atom is 0.268 e. The maximum atomic E-state index is 12.3. The minimum atomic E-state index is -1.09. The van der Waals surface area contributed by atoms with E-state index in [4.69, 9.17) is 0 Å². The van der Waals surface area contributed by atoms with Crippen LogP contribution in [-0.4, -0.2) is 39.9 Å². The third-order valence-corrected chi connectivity index (χ3v) is 5.62. The molecule has 1 atom stereocenters. The van der Waals surface area contributed by atoms with Gasteiger partial charge in [-0.3, -0.25) is 9.78 Å². The summed E-state index contributed by atoms with van der Waals surface area (Å²) in [4.78, 5) is 21.2. The molecule has 1 unspecified atom stereocenters. The fourth-order valence-electron chi connectivity index (χ4n) is 3.78. The molecule has 1 saturated carbocycles. The predicted octanol–water partition coefficient (Wildman–Crippen LogP) is 1.20. The van der Waals surface area contributed by atoms with Crippen molar-refractivity contribution in [1.29, 1.82) is 5.26 Å². The summed E-state index contributed by atoms with van der Waals surface area (Å²) in [6, 6.07) is 3.69. The summed E-state index contributed by atoms with van der Waals surface area (Å²) in [6.45, 7) is 1.19. The zero-order valence-electron chi connectivity index (χ0n) is 13.8. The Bertz CT molecular complexity index is 916. The first-order chi connectivity index (χ1) is 12.1. The monoisotopic (exact) mass is 340 g/mol. The first kappa shape index (κ1) is 16.1. The minimum absolute atomic E-state index is 0.0925. The summed E-state index contributed by atoms with van der Waals surface area (Å²) in [5, 5.41) is 29.3. The van der Waals surface area contributed by atoms with Gasteiger partial charge in [0.15, 0.2) is 0 Å². The number of hydrogen-bond acceptors (Lipinski definition) is 6. The second-order valence-electron chi connectivity index (χ2n) is 7.13. The van der Waals surface area contributed by atoms with Crippen LogP contribution in [0.4, 0.5) is 5.69 Å². The van der Waals surface area contributed by atoms with Crippen molar-refractivity contribution in [3.63, 3.8) is 0 Å². The Labute approximate surface area is 144 Å². The highest BCUT2D eigenvalue weighted by atomic mass is 16.3. The Morgan fingerprint density at radius 3 is 2.68 bits per heavy atom. The average molecular weight is 340 g/mol. The molecule has 130 valence electrons. The van der Waals surface area contributed by atoms with Gasteiger partial charge >= 0.3 is 0 Å². The van der Waals surface area contributed by atoms with Gasteiger partial charge in [-0.25, -0.2) is 0 Å². The van der Waals surface area contributed by atoms with Gasteiger partial charge in [-0.15, -0.1) is 0 Å². The van der Waals surface area contributed by atoms with Gasteiger partial charge in [-0.2, -0.15) is 5.26 Å². The summed E-state index contributed by atoms with van der Waals surface area (Å²) in [5.41, 5.74) is 1.62. The lowest BCUT2D eigenvalue weighted by Crippen LogP contribution is -2.36. The molecule has 2 aliphatic rings. The quantitative estimate of drug-likeness (QED) is 0.774. The van der Waals surface area contributed by atoms with Crippen molar-refractivity contribution in [3.05, 3.63) is 33.9 Å². The number of H-pyrrole nitrogens is 1. The van der Waals surface area contributed by atoms with Gasteiger partial charge in [0.2, 0.25) is 0 Å². The number of rotatable bonds is 3. The van der Waals surface area contributed by atoms with Crippen molar-refractivity contribution in [1.82, 2.24) is 9.97 Å². The Balaban J connectivity index is 1.86. The SMILES string of the molecule is N#Cc1c(N2CCC3(CC2)CC3)c2cc(C(O)CO)ncc2[nH]c1=O. The van der Waals surface area contributed by atoms with Crippen molar-refractivity contribution in [2.75, 3.05) is 24.6 Å². The van der Waals surface area contributed by atoms with E-state index < -0.39 is 18.3 Å². The summed E-state index contributed by atoms with van der Waals surface area (Å²) in [7, 11) is 0. The molecule has 25 heavy (non-hydrogen) atoms. The smallest absolute Gasteiger partial charge is 0.268 e. The molecule has 2 aromatic heterocycles. The fourth-order valence-corrected chi connectivity index (χ4v) is 3.78. The van der Waals surface area contributed by atoms with E-state index in [0.717, 1.165) is 25.9 Å². The third-order valence-electron chi connectivity index (χ3n) is 5.62. The molecular weight excluding hydrogens is 320 g/mol. The van der Waals surface area contributed by atoms with Crippen LogP contribution in [-0.2, 0) is 0 Å². The van der Waals surface area contributed by atoms with Crippen LogP contribution in [0.15, 0.2) is 17.1 Å². The molecule has 0 bridgehead atoms. The number of aromatic amines is 1. The molecule has 0 aromatic carbocycles. The molecule has 3 N–H and O–H groups in total. The van der Waals surface area contributed by atoms with Crippen molar-refractivity contribution < 1.29 is 10.2 Å². The number of aromatic nitrogens is 2. The molecule has 0 radical (unpaired) electrons. The minimum Gasteiger partial charge on any atom is -0.393 e. The highest BCUT2D eigenvalue weighted by Crippen LogP contribution is 2.54. The van der Waals surface area contributed by atoms with E-state index in [0.29, 0.717) is 27.7 Å². The zero-order valence-corrected chi connectivity index (χ0v) is 13.8. The number of aliphatic hydroxyl groups excluding tert-OH is 2. The number of aliphatic hydroxyl groups is 2. The molecule has 3 heterocycles. The van der Waals surface area contributed by atoms with Crippen LogP contribution in [0.5, 0.6) is 0 Å². The van der Waals surface area contributed by atoms with Crippen LogP contribution in [0.2, 0.25) is 0 Å². The molecule has 4 rings (SSSR count). The van der Waals surface area contributed by atoms with E-state index in [-0.39, 0.29) is 5.56 Å². The Hall–Kier alpha value is -2.43. The van der Waals surface area contributed by atoms with Gasteiger partial charge in [0.1, 0.15) is 17.7 Å². The summed E-state index contributed by atoms with van der Waals surface area (Å²) >= 11 is 0. The number of piperidine rings is 1. The number of nitrogens with one attached hydrogen (secondary N) is 1. The van der Waals surface area contributed by atoms with Crippen molar-refractivity contribution in [2.24, 2.45) is 5.41 Å². The summed E-state index contributed by atoms with van der Waals surface area (Å²) in [5.74, 6) is 0. The average Bonchev–Trinajstić information content (AvgIpc) is 3.39. The largest absolute Gasteiger partial charge is 0.393 e. The molecule has 1 aliphatic heterocycles. The Morgan fingerprint density at radius 2 is 2.08 bits per heavy atom. The number of pyridine rings is 2. The molecule has 1 spiro atoms. The lowest BCUT2D eigenvalue weighted by molar-refractivity contribution is 0.0924. The van der Waals surface area contributed by atoms with Gasteiger partial charge < -0.3 is 20.1 Å². The van der Waals surface area contributed by atoms with E-state index in [1.807, 2.05) is 6.07 Å². The number of hydrogen-bond donors (Lipinski definition) is 3. The number of nitriles is 1. The van der Waals surface area contributed by atoms with E-state index in [9.17, 15) is 20.3 Å². The van der Waals surface area contributed by atoms with Gasteiger partial charge in [0.05, 0.1) is 29.7 Å². The van der Waals surface area contributed by atoms with E-state index >= 15 is 0 Å². The van der Waals surface area contributed by atoms with Crippen LogP contribution in [0, 0.1) is 16.7 Å². The highest BCUT2D eigenvalue weighted by Gasteiger charge is 2.44. The molecule has 1 saturated heterocycles. The molecule has 2 aromatic rings. The highest BCUT2D eigenvalue weighted by molar-refractivity contribution is 5.94. The zero-order chi connectivity index (χ0) is 17.6. The standard InChI is InChI=1S/C18H20N4O3/c19-8-12-16(22-5-3-18(1-2-18)4-6-22)11-7-13(15(24)10-23)20-9-14(11)21-17(12)25/h7,9,15,23-24H,1-6,10H2,(H,21,25). The molecule has 7 heteroatoms. The van der Waals surface area contributed by atoms with Crippen molar-refractivity contribution in [3.8, 4) is 6.07 Å². The van der Waals surface area contributed by atoms with Crippen LogP contribution in [0.25, 0.3) is 10.9 Å². The Kier molecular flexibility index (Phi) is 3.74. The Morgan fingerprint density at radius 1 is 1.36 bits per heavy atom. The third kappa shape index (κ3) is 2.68. The van der Waals surface area contributed by atoms with Gasteiger partial charge in [0, 0.05) is 18.5 Å². The van der Waals surface area contributed by atoms with Crippen LogP contribution < -0.4 is 10.5 Å². The maximum absolute atomic E-state index is 12.3. The first-order valence-corrected chi connectivity index (χ1v) is 8.57. The van der Waals surface area contributed by atoms with Crippen LogP contribution >= 0.6 is 0 Å². The van der Waals surface area contributed by atoms with Crippen molar-refractivity contribution >= 4 is 16.6 Å². The first-order valence-electron chi connectivity index (χ1n) is 8.57. The van der Waals surface area contributed by atoms with Crippen LogP contribution in [0.1, 0.15) is 43.0 Å². The number of anilines is 1. The van der Waals surface area contributed by atoms with Gasteiger partial charge in [-0.1, -0.05) is 0 Å². The van der Waals surface area contributed by atoms with E-state index in [1.165, 1.54) is 19.0 Å². The second kappa shape index (κ2) is 5.83. The molecule has 2 fully saturated rings. The molecular formula is C18H20N4O3. The fraction of sp³-hybridized carbons (Fsp3) is 0.500. The normalized spacial score (nSPS) is 19.8. The van der Waals surface area contributed by atoms with Crippen molar-refractivity contribution in [2.45, 2.75) is 31.8 Å². The predicted molar refractivity (Wildman–Crippen MR) is 92.2 cm³/mol. The topological polar surface area (TPSA) is 113 Å².